The van der Waals surface area contributed by atoms with Gasteiger partial charge in [0.2, 0.25) is 0 Å². The van der Waals surface area contributed by atoms with Gasteiger partial charge in [-0.25, -0.2) is 0 Å². The zero-order chi connectivity index (χ0) is 99.3. The number of nitrogens with one attached hydrogen (secondary N) is 3. The van der Waals surface area contributed by atoms with E-state index < -0.39 is 152 Å². The molecule has 0 aliphatic heterocycles. The third kappa shape index (κ3) is 250. The van der Waals surface area contributed by atoms with Gasteiger partial charge in [-0.3, -0.25) is 38.4 Å². The fraction of sp³-hybridized carbons (Fsp3) is 0.768. The van der Waals surface area contributed by atoms with Crippen molar-refractivity contribution in [2.75, 3.05) is 20.8 Å². The van der Waals surface area contributed by atoms with E-state index in [1.807, 2.05) is 37.3 Å². The number of aliphatic carboxylic acids is 8. The molecular weight excluding hydrogens is 3040 g/mol. The molecule has 0 unspecified atom stereocenters. The van der Waals surface area contributed by atoms with E-state index in [4.69, 9.17) is 191 Å². The number of hydrogen-bond acceptors (Lipinski definition) is 12. The first kappa shape index (κ1) is 190. The Morgan fingerprint density at radius 2 is 0.492 bits per heavy atom. The normalized spacial score (nSPS) is 14.1. The van der Waals surface area contributed by atoms with Crippen LogP contribution in [-0.4, -0.2) is 153 Å². The second kappa shape index (κ2) is 176. The van der Waals surface area contributed by atoms with Gasteiger partial charge >= 0.3 is 260 Å². The molecule has 1 aromatic rings. The molecule has 29 N–H and O–H groups in total. The number of unbranched alkanes of at least 4 members (excludes halogenated alkanes) is 20. The monoisotopic (exact) mass is 3210 g/mol. The van der Waals surface area contributed by atoms with Crippen LogP contribution in [0.5, 0.6) is 0 Å². The molecule has 0 amide bonds. The standard InChI is InChI=1S/C18H36O2.C8H8O.3C7H13N.3C6H12O2.C5H10O2.C4H6O4.C3H6O2.C3H8O.2CH4O.12ClH.6H2N.H2O.6Pt/c1-2-3-4-5-6-7-8-9-10-11-12-13-14-15-16-17-18(19)20;1-7(9)8-5-3-2-4-6-8;3*1-6-4-2-3-5-7(6)8;3*1-2-3-4-5-6(7)8;1-5(2,3)4(6)7;5-3(6)1-2-4(7)8;1-2-3(4)5;1-2-3-4;2*1-2;;;;;;;;;;;;;;;;;;;;;;;;;/h2-17H2,1H3,(H,19,20);2-6,9H,1H2;3*6-8H,1-5H2;3*2-5H2,1H3,(H,7,8);1-3H3,(H,6,7);1-2H2,(H,5,6)(H,7,8);2H2,1H3,(H,4,5);4H,2-3H2,1H3;2*2H,1H3;12*1H;7*1H2;;;;;;/q;;3*-2;;;;;;;;;;;;;;;;;;;;;;6*-1;;6*+4/p-12/t;;3*6-,7-;;;;;;;;;;;;;;;;;;;;;;;;;;;;;;;;;;/m..111................................../s1. The van der Waals surface area contributed by atoms with Crippen molar-refractivity contribution >= 4 is 167 Å². The van der Waals surface area contributed by atoms with Crippen molar-refractivity contribution < 1.29 is 204 Å². The fourth-order valence-corrected chi connectivity index (χ4v) is 8.69. The Morgan fingerprint density at radius 3 is 0.608 bits per heavy atom. The van der Waals surface area contributed by atoms with E-state index in [1.54, 1.807) is 27.7 Å². The second-order valence-corrected chi connectivity index (χ2v) is 46.7. The molecule has 4 rings (SSSR count). The van der Waals surface area contributed by atoms with Crippen LogP contribution in [-0.2, 0) is 137 Å². The Balaban J connectivity index is -0.0000000452. The number of aliphatic hydroxyl groups is 4. The minimum Gasteiger partial charge on any atom is -0.693 e. The molecule has 814 valence electrons. The summed E-state index contributed by atoms with van der Waals surface area (Å²) in [6.07, 6.45) is 44.9. The first-order valence-corrected chi connectivity index (χ1v) is 74.1. The van der Waals surface area contributed by atoms with Crippen LogP contribution >= 0.6 is 113 Å². The van der Waals surface area contributed by atoms with Gasteiger partial charge in [0, 0.05) is 58.5 Å². The third-order valence-electron chi connectivity index (χ3n) is 15.5. The van der Waals surface area contributed by atoms with Crippen molar-refractivity contribution in [1.29, 1.82) is 0 Å². The largest absolute Gasteiger partial charge is 0.693 e. The number of hydrogen-bond donors (Lipinski definition) is 12. The van der Waals surface area contributed by atoms with E-state index in [2.05, 4.69) is 55.0 Å². The summed E-state index contributed by atoms with van der Waals surface area (Å²) in [4.78, 5) is 78.6. The molecule has 0 heterocycles. The number of halogens is 12. The first-order chi connectivity index (χ1) is 58.0. The predicted octanol–water partition coefficient (Wildman–Crippen LogP) is 33.7. The van der Waals surface area contributed by atoms with Gasteiger partial charge in [-0.05, 0) is 52.9 Å². The predicted molar refractivity (Wildman–Crippen MR) is 536 cm³/mol. The minimum atomic E-state index is -1.08. The Labute approximate surface area is 884 Å². The zero-order valence-corrected chi connectivity index (χ0v) is 101. The molecule has 0 aromatic heterocycles. The maximum Gasteiger partial charge on any atom is -0.693 e. The molecule has 48 heteroatoms. The van der Waals surface area contributed by atoms with Gasteiger partial charge in [-0.2, -0.15) is 35.9 Å². The van der Waals surface area contributed by atoms with Crippen molar-refractivity contribution in [3.63, 3.8) is 0 Å². The van der Waals surface area contributed by atoms with E-state index in [9.17, 15) is 38.4 Å². The molecule has 3 aliphatic carbocycles. The molecule has 0 bridgehead atoms. The third-order valence-corrected chi connectivity index (χ3v) is 15.5. The first-order valence-electron chi connectivity index (χ1n) is 40.3. The van der Waals surface area contributed by atoms with Crippen LogP contribution in [0, 0.1) is 43.9 Å². The molecule has 3 saturated carbocycles. The number of carbonyl (C=O) groups is 8. The van der Waals surface area contributed by atoms with Crippen LogP contribution in [0.1, 0.15) is 350 Å². The average Bonchev–Trinajstić information content (AvgIpc) is 0.913. The van der Waals surface area contributed by atoms with Gasteiger partial charge in [-0.15, -0.1) is 0 Å². The summed E-state index contributed by atoms with van der Waals surface area (Å²) < 4.78 is 0. The summed E-state index contributed by atoms with van der Waals surface area (Å²) in [7, 11) is 60.5. The van der Waals surface area contributed by atoms with E-state index in [1.165, 1.54) is 141 Å². The number of carboxylic acid groups (broad SMARTS) is 8. The van der Waals surface area contributed by atoms with Crippen molar-refractivity contribution in [3.8, 4) is 0 Å². The zero-order valence-electron chi connectivity index (χ0n) is 78.0. The van der Waals surface area contributed by atoms with E-state index >= 15 is 0 Å². The summed E-state index contributed by atoms with van der Waals surface area (Å²) in [6.45, 7) is 32.3. The van der Waals surface area contributed by atoms with E-state index in [0.717, 1.165) is 116 Å². The van der Waals surface area contributed by atoms with E-state index in [0.29, 0.717) is 50.0 Å². The maximum atomic E-state index is 10.3. The molecule has 0 saturated heterocycles. The summed E-state index contributed by atoms with van der Waals surface area (Å²) in [5, 5.41) is 95.4. The SMILES string of the molecule is C=C(O)c1ccccc1.CC(C)(C)C(=O)O.CCC(=O)O.CCCCCC(=O)O.CCCCCC(=O)O.CCCCCC(=O)O.CCCCCCCCCCCCCCCCCC(=O)O.CCCO.CO.CO.O.O=C(O)CCC(=O)O.[CH2-][C@@H]1CCCC[C@H]1[NH-].[CH2-][C@@H]1CCCC[C@H]1[NH-].[CH2-][C@@H]1CCCC[C@H]1[NH-].[Cl][Pt+2][Cl].[Cl][Pt+2][Cl].[Cl][Pt+2][Cl].[Cl][Pt+2][Cl].[Cl][Pt+2][Cl].[Cl][Pt+2][Cl].[NH2-].[NH2-].[NH2-].[NH2-].[NH2-].[NH2-]. The smallest absolute Gasteiger partial charge is 0.693 e. The Kier molecular flexibility index (Phi) is 258. The minimum absolute atomic E-state index is 0. The quantitative estimate of drug-likeness (QED) is 0.0173. The van der Waals surface area contributed by atoms with Gasteiger partial charge in [0.15, 0.2) is 0 Å². The van der Waals surface area contributed by atoms with Gasteiger partial charge in [-0.1, -0.05) is 284 Å². The van der Waals surface area contributed by atoms with Gasteiger partial charge in [0.25, 0.3) is 0 Å². The van der Waals surface area contributed by atoms with Crippen LogP contribution < -0.4 is 0 Å². The Hall–Kier alpha value is 1.61. The molecule has 6 atom stereocenters. The van der Waals surface area contributed by atoms with Gasteiger partial charge in [0.1, 0.15) is 5.76 Å². The topological polar surface area (TPSA) is 683 Å². The van der Waals surface area contributed by atoms with Crippen molar-refractivity contribution in [1.82, 2.24) is 0 Å². The van der Waals surface area contributed by atoms with Crippen molar-refractivity contribution in [2.45, 2.75) is 363 Å². The molecule has 3 fully saturated rings. The molecule has 1 aromatic carbocycles. The van der Waals surface area contributed by atoms with Crippen molar-refractivity contribution in [2.24, 2.45) is 23.2 Å². The number of rotatable bonds is 34. The Bertz CT molecular complexity index is 2110. The van der Waals surface area contributed by atoms with Crippen LogP contribution in [0.25, 0.3) is 59.9 Å². The summed E-state index contributed by atoms with van der Waals surface area (Å²) in [6, 6.07) is 9.65. The molecule has 130 heavy (non-hydrogen) atoms. The molecule has 30 nitrogen and oxygen atoms in total. The summed E-state index contributed by atoms with van der Waals surface area (Å²) >= 11 is -2.83. The maximum absolute atomic E-state index is 10.3. The molecular formula is C82H171Cl12N9O21Pt6. The molecule has 0 radical (unpaired) electrons. The average molecular weight is 3220 g/mol. The van der Waals surface area contributed by atoms with E-state index in [-0.39, 0.29) is 85.5 Å². The van der Waals surface area contributed by atoms with Crippen LogP contribution in [0.4, 0.5) is 0 Å². The molecule has 0 spiro atoms. The summed E-state index contributed by atoms with van der Waals surface area (Å²) in [5.74, 6) is -4.97. The van der Waals surface area contributed by atoms with Crippen molar-refractivity contribution in [3.05, 3.63) is 117 Å². The second-order valence-electron chi connectivity index (χ2n) is 27.0. The number of benzene rings is 1. The fourth-order valence-electron chi connectivity index (χ4n) is 8.69. The van der Waals surface area contributed by atoms with Crippen LogP contribution in [0.3, 0.4) is 0 Å². The summed E-state index contributed by atoms with van der Waals surface area (Å²) in [5.41, 5.74) is 22.4. The Morgan fingerprint density at radius 1 is 0.338 bits per heavy atom. The van der Waals surface area contributed by atoms with Gasteiger partial charge in [0.05, 0.1) is 18.3 Å². The number of nitrogens with two attached hydrogens (primary N) is 6. The van der Waals surface area contributed by atoms with Gasteiger partial charge < -0.3 is 142 Å². The number of aliphatic hydroxyl groups excluding tert-OH is 4. The van der Waals surface area contributed by atoms with Crippen LogP contribution in [0.2, 0.25) is 0 Å². The van der Waals surface area contributed by atoms with Crippen LogP contribution in [0.15, 0.2) is 36.9 Å². The molecule has 3 aliphatic rings. The number of carboxylic acids is 8.